The number of hydrogen-bond acceptors (Lipinski definition) is 8. The molecule has 4 rings (SSSR count). The quantitative estimate of drug-likeness (QED) is 0.678. The summed E-state index contributed by atoms with van der Waals surface area (Å²) in [5.74, 6) is -2.53. The SMILES string of the molecule is CC(=O)O[C@H]1CCC(C)(C)[C@]2(O)[C@@H](OC(C)=O)[C@H](O)[C@@H]3C(=O)c4ccoc4C[C@@H]3[C@]12C. The van der Waals surface area contributed by atoms with Crippen molar-refractivity contribution in [3.05, 3.63) is 23.7 Å². The van der Waals surface area contributed by atoms with Crippen molar-refractivity contribution in [2.45, 2.75) is 77.8 Å². The number of ether oxygens (including phenoxy) is 2. The van der Waals surface area contributed by atoms with Crippen LogP contribution in [0.5, 0.6) is 0 Å². The highest BCUT2D eigenvalue weighted by atomic mass is 16.6. The lowest BCUT2D eigenvalue weighted by Gasteiger charge is -2.68. The maximum Gasteiger partial charge on any atom is 0.303 e. The van der Waals surface area contributed by atoms with Gasteiger partial charge in [0.1, 0.15) is 23.6 Å². The molecule has 0 unspecified atom stereocenters. The maximum atomic E-state index is 13.4. The Bertz CT molecular complexity index is 932. The summed E-state index contributed by atoms with van der Waals surface area (Å²) in [6.07, 6.45) is -0.853. The summed E-state index contributed by atoms with van der Waals surface area (Å²) in [6, 6.07) is 1.57. The molecule has 170 valence electrons. The van der Waals surface area contributed by atoms with Crippen molar-refractivity contribution in [1.82, 2.24) is 0 Å². The van der Waals surface area contributed by atoms with Gasteiger partial charge in [0.2, 0.25) is 0 Å². The molecule has 0 amide bonds. The summed E-state index contributed by atoms with van der Waals surface area (Å²) in [6.45, 7) is 7.99. The second-order valence-electron chi connectivity index (χ2n) is 10.0. The lowest BCUT2D eigenvalue weighted by Crippen LogP contribution is -2.80. The normalized spacial score (nSPS) is 40.9. The Morgan fingerprint density at radius 3 is 2.42 bits per heavy atom. The van der Waals surface area contributed by atoms with Crippen LogP contribution in [0.15, 0.2) is 16.7 Å². The van der Waals surface area contributed by atoms with Crippen molar-refractivity contribution in [3.63, 3.8) is 0 Å². The molecule has 8 heteroatoms. The summed E-state index contributed by atoms with van der Waals surface area (Å²) < 4.78 is 16.8. The number of rotatable bonds is 2. The molecule has 3 aliphatic carbocycles. The molecule has 1 aromatic rings. The van der Waals surface area contributed by atoms with Crippen molar-refractivity contribution in [2.24, 2.45) is 22.7 Å². The Kier molecular flexibility index (Phi) is 4.90. The van der Waals surface area contributed by atoms with Gasteiger partial charge in [0.05, 0.1) is 17.7 Å². The Balaban J connectivity index is 1.97. The molecule has 0 radical (unpaired) electrons. The smallest absolute Gasteiger partial charge is 0.303 e. The average Bonchev–Trinajstić information content (AvgIpc) is 3.14. The van der Waals surface area contributed by atoms with E-state index in [1.165, 1.54) is 20.1 Å². The predicted molar refractivity (Wildman–Crippen MR) is 107 cm³/mol. The van der Waals surface area contributed by atoms with Crippen LogP contribution in [0.3, 0.4) is 0 Å². The first kappa shape index (κ1) is 22.0. The van der Waals surface area contributed by atoms with Crippen molar-refractivity contribution in [3.8, 4) is 0 Å². The molecule has 0 bridgehead atoms. The molecule has 7 atom stereocenters. The van der Waals surface area contributed by atoms with Gasteiger partial charge >= 0.3 is 11.9 Å². The van der Waals surface area contributed by atoms with E-state index in [1.54, 1.807) is 13.0 Å². The fourth-order valence-electron chi connectivity index (χ4n) is 6.71. The number of aliphatic hydroxyl groups is 2. The van der Waals surface area contributed by atoms with E-state index < -0.39 is 58.5 Å². The maximum absolute atomic E-state index is 13.4. The lowest BCUT2D eigenvalue weighted by molar-refractivity contribution is -0.331. The van der Waals surface area contributed by atoms with E-state index in [0.717, 1.165) is 0 Å². The minimum absolute atomic E-state index is 0.287. The molecular formula is C23H30O8. The molecule has 0 aromatic carbocycles. The number of ketones is 1. The molecule has 31 heavy (non-hydrogen) atoms. The van der Waals surface area contributed by atoms with Crippen molar-refractivity contribution in [1.29, 1.82) is 0 Å². The number of fused-ring (bicyclic) bond motifs is 4. The summed E-state index contributed by atoms with van der Waals surface area (Å²) in [5.41, 5.74) is -3.38. The number of carbonyl (C=O) groups excluding carboxylic acids is 3. The first-order chi connectivity index (χ1) is 14.4. The molecule has 0 spiro atoms. The lowest BCUT2D eigenvalue weighted by atomic mass is 9.39. The third-order valence-corrected chi connectivity index (χ3v) is 8.17. The zero-order valence-electron chi connectivity index (χ0n) is 18.5. The van der Waals surface area contributed by atoms with Crippen LogP contribution >= 0.6 is 0 Å². The van der Waals surface area contributed by atoms with E-state index in [-0.39, 0.29) is 12.2 Å². The monoisotopic (exact) mass is 434 g/mol. The fraction of sp³-hybridized carbons (Fsp3) is 0.696. The standard InChI is InChI=1S/C23H30O8/c1-11(24)30-16-6-8-21(3,4)23(28)20(31-12(2)25)19(27)17-14(22(16,23)5)10-15-13(18(17)26)7-9-29-15/h7,9,14,16-17,19-20,27-28H,6,8,10H2,1-5H3/t14-,16-,17-,19+,20-,22+,23+/m0/s1. The number of hydrogen-bond donors (Lipinski definition) is 2. The van der Waals surface area contributed by atoms with Crippen LogP contribution in [0.25, 0.3) is 0 Å². The van der Waals surface area contributed by atoms with Crippen LogP contribution < -0.4 is 0 Å². The highest BCUT2D eigenvalue weighted by Gasteiger charge is 2.76. The largest absolute Gasteiger partial charge is 0.469 e. The van der Waals surface area contributed by atoms with Crippen LogP contribution in [-0.2, 0) is 25.5 Å². The molecule has 0 saturated heterocycles. The first-order valence-corrected chi connectivity index (χ1v) is 10.7. The summed E-state index contributed by atoms with van der Waals surface area (Å²) in [5, 5.41) is 23.8. The van der Waals surface area contributed by atoms with Gasteiger partial charge in [-0.2, -0.15) is 0 Å². The highest BCUT2D eigenvalue weighted by Crippen LogP contribution is 2.66. The van der Waals surface area contributed by atoms with Gasteiger partial charge in [-0.25, -0.2) is 0 Å². The van der Waals surface area contributed by atoms with Crippen LogP contribution in [0.4, 0.5) is 0 Å². The van der Waals surface area contributed by atoms with Gasteiger partial charge in [-0.1, -0.05) is 20.8 Å². The molecule has 2 N–H and O–H groups in total. The van der Waals surface area contributed by atoms with E-state index in [2.05, 4.69) is 0 Å². The van der Waals surface area contributed by atoms with E-state index in [0.29, 0.717) is 24.2 Å². The second-order valence-corrected chi connectivity index (χ2v) is 10.0. The molecule has 1 aromatic heterocycles. The minimum atomic E-state index is -1.77. The van der Waals surface area contributed by atoms with Gasteiger partial charge in [-0.3, -0.25) is 14.4 Å². The van der Waals surface area contributed by atoms with Gasteiger partial charge in [0.15, 0.2) is 11.9 Å². The van der Waals surface area contributed by atoms with Crippen molar-refractivity contribution < 1.29 is 38.5 Å². The molecular weight excluding hydrogens is 404 g/mol. The number of carbonyl (C=O) groups is 3. The van der Waals surface area contributed by atoms with Gasteiger partial charge in [0, 0.05) is 25.7 Å². The van der Waals surface area contributed by atoms with Gasteiger partial charge in [-0.05, 0) is 30.2 Å². The van der Waals surface area contributed by atoms with E-state index in [9.17, 15) is 24.6 Å². The number of furan rings is 1. The molecule has 8 nitrogen and oxygen atoms in total. The molecule has 2 fully saturated rings. The molecule has 1 heterocycles. The summed E-state index contributed by atoms with van der Waals surface area (Å²) in [7, 11) is 0. The highest BCUT2D eigenvalue weighted by molar-refractivity contribution is 6.00. The number of esters is 2. The third-order valence-electron chi connectivity index (χ3n) is 8.17. The summed E-state index contributed by atoms with van der Waals surface area (Å²) >= 11 is 0. The zero-order chi connectivity index (χ0) is 22.9. The Labute approximate surface area is 180 Å². The first-order valence-electron chi connectivity index (χ1n) is 10.7. The predicted octanol–water partition coefficient (Wildman–Crippen LogP) is 2.05. The van der Waals surface area contributed by atoms with Crippen LogP contribution in [0.2, 0.25) is 0 Å². The van der Waals surface area contributed by atoms with Crippen molar-refractivity contribution >= 4 is 17.7 Å². The Hall–Kier alpha value is -2.19. The Morgan fingerprint density at radius 1 is 1.16 bits per heavy atom. The average molecular weight is 434 g/mol. The number of aliphatic hydroxyl groups excluding tert-OH is 1. The van der Waals surface area contributed by atoms with Gasteiger partial charge in [-0.15, -0.1) is 0 Å². The molecule has 3 aliphatic rings. The summed E-state index contributed by atoms with van der Waals surface area (Å²) in [4.78, 5) is 37.4. The van der Waals surface area contributed by atoms with Crippen molar-refractivity contribution in [2.75, 3.05) is 0 Å². The third kappa shape index (κ3) is 2.77. The van der Waals surface area contributed by atoms with Gasteiger partial charge in [0.25, 0.3) is 0 Å². The molecule has 2 saturated carbocycles. The van der Waals surface area contributed by atoms with Gasteiger partial charge < -0.3 is 24.1 Å². The topological polar surface area (TPSA) is 123 Å². The van der Waals surface area contributed by atoms with Crippen LogP contribution in [0.1, 0.15) is 63.6 Å². The fourth-order valence-corrected chi connectivity index (χ4v) is 6.71. The minimum Gasteiger partial charge on any atom is -0.469 e. The second kappa shape index (κ2) is 6.90. The number of Topliss-reactive ketones (excluding diaryl/α,β-unsaturated/α-hetero) is 1. The van der Waals surface area contributed by atoms with Crippen LogP contribution in [-0.4, -0.2) is 51.8 Å². The van der Waals surface area contributed by atoms with E-state index >= 15 is 0 Å². The molecule has 0 aliphatic heterocycles. The van der Waals surface area contributed by atoms with E-state index in [4.69, 9.17) is 13.9 Å². The van der Waals surface area contributed by atoms with Crippen LogP contribution in [0, 0.1) is 22.7 Å². The van der Waals surface area contributed by atoms with E-state index in [1.807, 2.05) is 13.8 Å². The Morgan fingerprint density at radius 2 is 1.81 bits per heavy atom. The zero-order valence-corrected chi connectivity index (χ0v) is 18.5.